The summed E-state index contributed by atoms with van der Waals surface area (Å²) in [6.07, 6.45) is 1.95. The summed E-state index contributed by atoms with van der Waals surface area (Å²) in [5, 5.41) is 0. The molecule has 96 valence electrons. The predicted molar refractivity (Wildman–Crippen MR) is 76.3 cm³/mol. The van der Waals surface area contributed by atoms with Crippen LogP contribution in [0.15, 0.2) is 0 Å². The lowest BCUT2D eigenvalue weighted by Crippen LogP contribution is -2.10. The zero-order valence-electron chi connectivity index (χ0n) is 9.25. The molecule has 6 heteroatoms. The zero-order chi connectivity index (χ0) is 12.1. The Bertz CT molecular complexity index is 171. The second-order valence-corrected chi connectivity index (χ2v) is 6.06. The highest BCUT2D eigenvalue weighted by atomic mass is 35.5. The van der Waals surface area contributed by atoms with Crippen molar-refractivity contribution in [1.82, 2.24) is 0 Å². The molecular weight excluding hydrogens is 287 g/mol. The first-order valence-corrected chi connectivity index (χ1v) is 8.62. The van der Waals surface area contributed by atoms with E-state index < -0.39 is 0 Å². The van der Waals surface area contributed by atoms with Crippen molar-refractivity contribution in [2.75, 3.05) is 41.4 Å². The van der Waals surface area contributed by atoms with E-state index in [-0.39, 0.29) is 5.97 Å². The fraction of sp³-hybridized carbons (Fsp3) is 0.900. The topological polar surface area (TPSA) is 26.3 Å². The summed E-state index contributed by atoms with van der Waals surface area (Å²) in [5.74, 6) is 4.47. The SMILES string of the molecule is O=C(CSCCCCl)OCCSCCCCl. The van der Waals surface area contributed by atoms with Crippen molar-refractivity contribution in [3.63, 3.8) is 0 Å². The largest absolute Gasteiger partial charge is 0.464 e. The first-order chi connectivity index (χ1) is 7.81. The highest BCUT2D eigenvalue weighted by molar-refractivity contribution is 8.00. The minimum atomic E-state index is -0.127. The van der Waals surface area contributed by atoms with Crippen LogP contribution in [0.4, 0.5) is 0 Å². The van der Waals surface area contributed by atoms with Crippen molar-refractivity contribution in [1.29, 1.82) is 0 Å². The van der Waals surface area contributed by atoms with Gasteiger partial charge in [-0.05, 0) is 24.3 Å². The summed E-state index contributed by atoms with van der Waals surface area (Å²) in [6.45, 7) is 0.502. The molecule has 0 aromatic rings. The Kier molecular flexibility index (Phi) is 14.5. The van der Waals surface area contributed by atoms with Crippen LogP contribution in [-0.2, 0) is 9.53 Å². The molecule has 0 aliphatic carbocycles. The number of ether oxygens (including phenoxy) is 1. The summed E-state index contributed by atoms with van der Waals surface area (Å²) >= 11 is 14.4. The van der Waals surface area contributed by atoms with Crippen LogP contribution in [0.3, 0.4) is 0 Å². The van der Waals surface area contributed by atoms with Crippen LogP contribution in [-0.4, -0.2) is 47.3 Å². The van der Waals surface area contributed by atoms with Crippen molar-refractivity contribution in [2.24, 2.45) is 0 Å². The van der Waals surface area contributed by atoms with E-state index in [1.165, 1.54) is 0 Å². The summed E-state index contributed by atoms with van der Waals surface area (Å²) in [5.41, 5.74) is 0. The molecule has 0 bridgehead atoms. The van der Waals surface area contributed by atoms with E-state index in [2.05, 4.69) is 0 Å². The van der Waals surface area contributed by atoms with Gasteiger partial charge in [-0.25, -0.2) is 0 Å². The number of thioether (sulfide) groups is 2. The van der Waals surface area contributed by atoms with Gasteiger partial charge in [-0.15, -0.1) is 23.2 Å². The van der Waals surface area contributed by atoms with Gasteiger partial charge in [-0.2, -0.15) is 23.5 Å². The second-order valence-electron chi connectivity index (χ2n) is 2.97. The Morgan fingerprint density at radius 1 is 1.00 bits per heavy atom. The number of carbonyl (C=O) groups is 1. The average molecular weight is 305 g/mol. The molecule has 0 radical (unpaired) electrons. The molecule has 0 heterocycles. The number of hydrogen-bond acceptors (Lipinski definition) is 4. The third kappa shape index (κ3) is 12.8. The first kappa shape index (κ1) is 16.8. The van der Waals surface area contributed by atoms with Gasteiger partial charge >= 0.3 is 5.97 Å². The van der Waals surface area contributed by atoms with E-state index in [0.29, 0.717) is 24.1 Å². The van der Waals surface area contributed by atoms with Crippen LogP contribution in [0.2, 0.25) is 0 Å². The van der Waals surface area contributed by atoms with Crippen LogP contribution in [0, 0.1) is 0 Å². The van der Waals surface area contributed by atoms with E-state index in [1.54, 1.807) is 23.5 Å². The number of rotatable bonds is 11. The predicted octanol–water partition coefficient (Wildman–Crippen LogP) is 3.25. The van der Waals surface area contributed by atoms with Gasteiger partial charge in [0.2, 0.25) is 0 Å². The van der Waals surface area contributed by atoms with Crippen molar-refractivity contribution in [2.45, 2.75) is 12.8 Å². The molecular formula is C10H18Cl2O2S2. The maximum absolute atomic E-state index is 11.2. The Hall–Kier alpha value is 0.750. The molecule has 0 unspecified atom stereocenters. The van der Waals surface area contributed by atoms with Gasteiger partial charge in [-0.3, -0.25) is 4.79 Å². The molecule has 0 aliphatic heterocycles. The maximum Gasteiger partial charge on any atom is 0.315 e. The Morgan fingerprint density at radius 3 is 2.25 bits per heavy atom. The Labute approximate surface area is 116 Å². The minimum absolute atomic E-state index is 0.127. The standard InChI is InChI=1S/C10H18Cl2O2S2/c11-3-1-6-15-8-5-14-10(13)9-16-7-2-4-12/h1-9H2. The molecule has 0 atom stereocenters. The number of hydrogen-bond donors (Lipinski definition) is 0. The quantitative estimate of drug-likeness (QED) is 0.332. The summed E-state index contributed by atoms with van der Waals surface area (Å²) in [7, 11) is 0. The first-order valence-electron chi connectivity index (χ1n) is 5.24. The molecule has 0 aromatic heterocycles. The van der Waals surface area contributed by atoms with Crippen molar-refractivity contribution in [3.05, 3.63) is 0 Å². The number of alkyl halides is 2. The fourth-order valence-corrected chi connectivity index (χ4v) is 2.91. The van der Waals surface area contributed by atoms with Crippen LogP contribution >= 0.6 is 46.7 Å². The van der Waals surface area contributed by atoms with Gasteiger partial charge < -0.3 is 4.74 Å². The Morgan fingerprint density at radius 2 is 1.62 bits per heavy atom. The van der Waals surface area contributed by atoms with Crippen molar-refractivity contribution >= 4 is 52.7 Å². The Balaban J connectivity index is 3.11. The van der Waals surface area contributed by atoms with Gasteiger partial charge in [-0.1, -0.05) is 0 Å². The van der Waals surface area contributed by atoms with Gasteiger partial charge in [0, 0.05) is 17.5 Å². The molecule has 0 saturated heterocycles. The number of carbonyl (C=O) groups excluding carboxylic acids is 1. The van der Waals surface area contributed by atoms with Gasteiger partial charge in [0.1, 0.15) is 6.61 Å². The minimum Gasteiger partial charge on any atom is -0.464 e. The lowest BCUT2D eigenvalue weighted by Gasteiger charge is -2.04. The van der Waals surface area contributed by atoms with Crippen molar-refractivity contribution in [3.8, 4) is 0 Å². The van der Waals surface area contributed by atoms with Gasteiger partial charge in [0.05, 0.1) is 5.75 Å². The van der Waals surface area contributed by atoms with E-state index >= 15 is 0 Å². The number of esters is 1. The summed E-state index contributed by atoms with van der Waals surface area (Å²) in [4.78, 5) is 11.2. The third-order valence-corrected chi connectivity index (χ3v) is 4.14. The smallest absolute Gasteiger partial charge is 0.315 e. The molecule has 2 nitrogen and oxygen atoms in total. The van der Waals surface area contributed by atoms with E-state index in [4.69, 9.17) is 27.9 Å². The molecule has 0 amide bonds. The molecule has 16 heavy (non-hydrogen) atoms. The van der Waals surface area contributed by atoms with Gasteiger partial charge in [0.25, 0.3) is 0 Å². The molecule has 0 N–H and O–H groups in total. The van der Waals surface area contributed by atoms with E-state index in [9.17, 15) is 4.79 Å². The molecule has 0 saturated carbocycles. The van der Waals surface area contributed by atoms with Crippen LogP contribution in [0.5, 0.6) is 0 Å². The second kappa shape index (κ2) is 13.8. The van der Waals surface area contributed by atoms with Gasteiger partial charge in [0.15, 0.2) is 0 Å². The average Bonchev–Trinajstić information content (AvgIpc) is 2.29. The van der Waals surface area contributed by atoms with E-state index in [1.807, 2.05) is 0 Å². The monoisotopic (exact) mass is 304 g/mol. The highest BCUT2D eigenvalue weighted by Crippen LogP contribution is 2.05. The fourth-order valence-electron chi connectivity index (χ4n) is 0.827. The van der Waals surface area contributed by atoms with Crippen LogP contribution < -0.4 is 0 Å². The molecule has 0 fully saturated rings. The van der Waals surface area contributed by atoms with Crippen molar-refractivity contribution < 1.29 is 9.53 Å². The van der Waals surface area contributed by atoms with Crippen LogP contribution in [0.1, 0.15) is 12.8 Å². The maximum atomic E-state index is 11.2. The zero-order valence-corrected chi connectivity index (χ0v) is 12.4. The van der Waals surface area contributed by atoms with Crippen LogP contribution in [0.25, 0.3) is 0 Å². The third-order valence-electron chi connectivity index (χ3n) is 1.56. The number of halogens is 2. The molecule has 0 spiro atoms. The normalized spacial score (nSPS) is 10.4. The molecule has 0 aliphatic rings. The van der Waals surface area contributed by atoms with E-state index in [0.717, 1.165) is 30.1 Å². The lowest BCUT2D eigenvalue weighted by atomic mass is 10.6. The highest BCUT2D eigenvalue weighted by Gasteiger charge is 2.02. The lowest BCUT2D eigenvalue weighted by molar-refractivity contribution is -0.139. The summed E-state index contributed by atoms with van der Waals surface area (Å²) in [6, 6.07) is 0. The molecule has 0 aromatic carbocycles. The molecule has 0 rings (SSSR count). The summed E-state index contributed by atoms with van der Waals surface area (Å²) < 4.78 is 5.06.